The molecule has 0 aliphatic carbocycles. The number of likely N-dealkylation sites (N-methyl/N-ethyl adjacent to an activating group) is 2. The number of amides is 2. The first-order valence-electron chi connectivity index (χ1n) is 8.05. The van der Waals surface area contributed by atoms with E-state index in [1.807, 2.05) is 0 Å². The first-order chi connectivity index (χ1) is 13.9. The van der Waals surface area contributed by atoms with Gasteiger partial charge in [-0.1, -0.05) is 0 Å². The standard InChI is InChI=1S/C18H12F8N2O2/c1-27(17(29)11-13(23)7(19)5-8(20)14(11)24)3-4-28(2)18(30)12-15(25)9(21)6-10(22)16(12)26/h5-6H,3-4H2,1-2H3. The van der Waals surface area contributed by atoms with Crippen LogP contribution in [0.15, 0.2) is 12.1 Å². The van der Waals surface area contributed by atoms with Crippen LogP contribution in [-0.2, 0) is 0 Å². The van der Waals surface area contributed by atoms with Gasteiger partial charge in [0.05, 0.1) is 0 Å². The zero-order valence-corrected chi connectivity index (χ0v) is 15.3. The number of carbonyl (C=O) groups excluding carboxylic acids is 2. The van der Waals surface area contributed by atoms with Crippen molar-refractivity contribution in [1.29, 1.82) is 0 Å². The van der Waals surface area contributed by atoms with Crippen LogP contribution >= 0.6 is 0 Å². The smallest absolute Gasteiger partial charge is 0.259 e. The summed E-state index contributed by atoms with van der Waals surface area (Å²) in [6.07, 6.45) is 0. The zero-order valence-electron chi connectivity index (χ0n) is 15.3. The number of carbonyl (C=O) groups is 2. The maximum Gasteiger partial charge on any atom is 0.259 e. The highest BCUT2D eigenvalue weighted by molar-refractivity contribution is 5.95. The van der Waals surface area contributed by atoms with E-state index in [2.05, 4.69) is 0 Å². The van der Waals surface area contributed by atoms with Gasteiger partial charge in [-0.15, -0.1) is 0 Å². The van der Waals surface area contributed by atoms with E-state index in [0.717, 1.165) is 14.1 Å². The summed E-state index contributed by atoms with van der Waals surface area (Å²) in [6, 6.07) is -0.176. The van der Waals surface area contributed by atoms with E-state index in [1.54, 1.807) is 0 Å². The molecular weight excluding hydrogens is 428 g/mol. The molecule has 2 rings (SSSR count). The van der Waals surface area contributed by atoms with Crippen molar-refractivity contribution in [3.8, 4) is 0 Å². The summed E-state index contributed by atoms with van der Waals surface area (Å²) >= 11 is 0. The molecule has 12 heteroatoms. The third kappa shape index (κ3) is 4.21. The van der Waals surface area contributed by atoms with Gasteiger partial charge in [0.25, 0.3) is 11.8 Å². The summed E-state index contributed by atoms with van der Waals surface area (Å²) in [5.74, 6) is -18.0. The quantitative estimate of drug-likeness (QED) is 0.526. The molecule has 2 aromatic rings. The van der Waals surface area contributed by atoms with Gasteiger partial charge in [-0.25, -0.2) is 35.1 Å². The second kappa shape index (κ2) is 8.67. The van der Waals surface area contributed by atoms with Crippen LogP contribution in [0.2, 0.25) is 0 Å². The second-order valence-electron chi connectivity index (χ2n) is 6.14. The molecule has 4 nitrogen and oxygen atoms in total. The molecule has 30 heavy (non-hydrogen) atoms. The Bertz CT molecular complexity index is 894. The van der Waals surface area contributed by atoms with Gasteiger partial charge in [0.2, 0.25) is 0 Å². The average molecular weight is 440 g/mol. The van der Waals surface area contributed by atoms with E-state index < -0.39 is 82.6 Å². The summed E-state index contributed by atoms with van der Waals surface area (Å²) < 4.78 is 108. The first kappa shape index (κ1) is 23.1. The molecule has 0 N–H and O–H groups in total. The van der Waals surface area contributed by atoms with Crippen LogP contribution in [0.25, 0.3) is 0 Å². The van der Waals surface area contributed by atoms with Crippen LogP contribution in [0.4, 0.5) is 35.1 Å². The summed E-state index contributed by atoms with van der Waals surface area (Å²) in [4.78, 5) is 25.4. The van der Waals surface area contributed by atoms with Gasteiger partial charge in [0, 0.05) is 39.3 Å². The Morgan fingerprint density at radius 1 is 0.600 bits per heavy atom. The average Bonchev–Trinajstić information content (AvgIpc) is 2.68. The number of rotatable bonds is 5. The van der Waals surface area contributed by atoms with Gasteiger partial charge in [0.15, 0.2) is 46.5 Å². The zero-order chi connectivity index (χ0) is 22.9. The lowest BCUT2D eigenvalue weighted by atomic mass is 10.1. The maximum atomic E-state index is 13.7. The van der Waals surface area contributed by atoms with Crippen molar-refractivity contribution >= 4 is 11.8 Å². The van der Waals surface area contributed by atoms with Crippen molar-refractivity contribution in [3.63, 3.8) is 0 Å². The fourth-order valence-corrected chi connectivity index (χ4v) is 2.41. The molecule has 162 valence electrons. The van der Waals surface area contributed by atoms with Crippen molar-refractivity contribution in [2.24, 2.45) is 0 Å². The molecule has 0 aliphatic heterocycles. The molecule has 0 atom stereocenters. The molecule has 0 fully saturated rings. The van der Waals surface area contributed by atoms with Crippen LogP contribution in [0.1, 0.15) is 20.7 Å². The molecule has 0 saturated carbocycles. The van der Waals surface area contributed by atoms with E-state index in [0.29, 0.717) is 9.80 Å². The number of halogens is 8. The Balaban J connectivity index is 2.19. The molecule has 0 bridgehead atoms. The molecule has 2 aromatic carbocycles. The molecule has 0 aliphatic rings. The monoisotopic (exact) mass is 440 g/mol. The number of benzene rings is 2. The van der Waals surface area contributed by atoms with Crippen LogP contribution in [0, 0.1) is 46.5 Å². The third-order valence-corrected chi connectivity index (χ3v) is 4.12. The Morgan fingerprint density at radius 3 is 1.07 bits per heavy atom. The molecule has 0 unspecified atom stereocenters. The molecular formula is C18H12F8N2O2. The van der Waals surface area contributed by atoms with Gasteiger partial charge in [0.1, 0.15) is 11.1 Å². The fraction of sp³-hybridized carbons (Fsp3) is 0.222. The number of hydrogen-bond donors (Lipinski definition) is 0. The van der Waals surface area contributed by atoms with E-state index in [1.165, 1.54) is 0 Å². The summed E-state index contributed by atoms with van der Waals surface area (Å²) in [7, 11) is 1.93. The minimum atomic E-state index is -1.94. The van der Waals surface area contributed by atoms with Gasteiger partial charge in [-0.3, -0.25) is 9.59 Å². The van der Waals surface area contributed by atoms with Crippen molar-refractivity contribution in [3.05, 3.63) is 69.8 Å². The number of nitrogens with zero attached hydrogens (tertiary/aromatic N) is 2. The maximum absolute atomic E-state index is 13.7. The highest BCUT2D eigenvalue weighted by atomic mass is 19.2. The predicted octanol–water partition coefficient (Wildman–Crippen LogP) is 3.64. The van der Waals surface area contributed by atoms with Gasteiger partial charge >= 0.3 is 0 Å². The van der Waals surface area contributed by atoms with E-state index in [9.17, 15) is 44.7 Å². The Morgan fingerprint density at radius 2 is 0.833 bits per heavy atom. The minimum absolute atomic E-state index is 0.0882. The molecule has 0 spiro atoms. The van der Waals surface area contributed by atoms with Crippen LogP contribution in [0.5, 0.6) is 0 Å². The van der Waals surface area contributed by atoms with Crippen LogP contribution in [-0.4, -0.2) is 48.8 Å². The molecule has 0 saturated heterocycles. The Hall–Kier alpha value is -3.18. The summed E-state index contributed by atoms with van der Waals surface area (Å²) in [6.45, 7) is -1.06. The summed E-state index contributed by atoms with van der Waals surface area (Å²) in [5, 5.41) is 0. The van der Waals surface area contributed by atoms with Crippen molar-refractivity contribution in [2.45, 2.75) is 0 Å². The topological polar surface area (TPSA) is 40.6 Å². The van der Waals surface area contributed by atoms with E-state index in [4.69, 9.17) is 0 Å². The summed E-state index contributed by atoms with van der Waals surface area (Å²) in [5.41, 5.74) is -3.04. The predicted molar refractivity (Wildman–Crippen MR) is 86.5 cm³/mol. The minimum Gasteiger partial charge on any atom is -0.340 e. The fourth-order valence-electron chi connectivity index (χ4n) is 2.41. The Labute approximate surface area is 164 Å². The van der Waals surface area contributed by atoms with Crippen LogP contribution < -0.4 is 0 Å². The lowest BCUT2D eigenvalue weighted by molar-refractivity contribution is 0.0705. The highest BCUT2D eigenvalue weighted by Gasteiger charge is 2.29. The lowest BCUT2D eigenvalue weighted by Gasteiger charge is -2.23. The van der Waals surface area contributed by atoms with E-state index >= 15 is 0 Å². The largest absolute Gasteiger partial charge is 0.340 e. The second-order valence-corrected chi connectivity index (χ2v) is 6.14. The van der Waals surface area contributed by atoms with Gasteiger partial charge in [-0.2, -0.15) is 0 Å². The third-order valence-electron chi connectivity index (χ3n) is 4.12. The van der Waals surface area contributed by atoms with Crippen molar-refractivity contribution < 1.29 is 44.7 Å². The first-order valence-corrected chi connectivity index (χ1v) is 8.05. The molecule has 0 heterocycles. The van der Waals surface area contributed by atoms with E-state index in [-0.39, 0.29) is 12.1 Å². The SMILES string of the molecule is CN(CCN(C)C(=O)c1c(F)c(F)cc(F)c1F)C(=O)c1c(F)c(F)cc(F)c1F. The molecule has 0 aromatic heterocycles. The number of hydrogen-bond acceptors (Lipinski definition) is 2. The lowest BCUT2D eigenvalue weighted by Crippen LogP contribution is -2.38. The Kier molecular flexibility index (Phi) is 6.68. The van der Waals surface area contributed by atoms with Gasteiger partial charge < -0.3 is 9.80 Å². The van der Waals surface area contributed by atoms with Gasteiger partial charge in [-0.05, 0) is 0 Å². The molecule has 2 amide bonds. The highest BCUT2D eigenvalue weighted by Crippen LogP contribution is 2.22. The normalized spacial score (nSPS) is 10.9. The molecule has 0 radical (unpaired) electrons. The van der Waals surface area contributed by atoms with Crippen LogP contribution in [0.3, 0.4) is 0 Å². The van der Waals surface area contributed by atoms with Crippen molar-refractivity contribution in [1.82, 2.24) is 9.80 Å². The van der Waals surface area contributed by atoms with Crippen molar-refractivity contribution in [2.75, 3.05) is 27.2 Å².